The first kappa shape index (κ1) is 19.0. The van der Waals surface area contributed by atoms with Gasteiger partial charge in [0.05, 0.1) is 0 Å². The third kappa shape index (κ3) is 5.33. The van der Waals surface area contributed by atoms with E-state index in [0.29, 0.717) is 55.2 Å². The van der Waals surface area contributed by atoms with Crippen LogP contribution in [0, 0.1) is 0 Å². The number of fused-ring (bicyclic) bond motifs is 1. The molecule has 0 atom stereocenters. The molecule has 142 valence electrons. The maximum absolute atomic E-state index is 12.3. The van der Waals surface area contributed by atoms with Crippen molar-refractivity contribution in [3.63, 3.8) is 0 Å². The first-order chi connectivity index (χ1) is 13.1. The summed E-state index contributed by atoms with van der Waals surface area (Å²) in [5, 5.41) is 0. The summed E-state index contributed by atoms with van der Waals surface area (Å²) in [6.07, 6.45) is 3.79. The van der Waals surface area contributed by atoms with Crippen LogP contribution in [0.2, 0.25) is 0 Å². The van der Waals surface area contributed by atoms with Gasteiger partial charge in [-0.05, 0) is 42.7 Å². The summed E-state index contributed by atoms with van der Waals surface area (Å²) in [5.41, 5.74) is 8.07. The van der Waals surface area contributed by atoms with Gasteiger partial charge in [0.1, 0.15) is 19.0 Å². The summed E-state index contributed by atoms with van der Waals surface area (Å²) in [4.78, 5) is 24.4. The normalized spacial score (nSPS) is 12.6. The number of nitrogens with two attached hydrogens (primary N) is 1. The molecule has 3 rings (SSSR count). The zero-order valence-corrected chi connectivity index (χ0v) is 15.4. The van der Waals surface area contributed by atoms with Crippen molar-refractivity contribution >= 4 is 17.3 Å². The van der Waals surface area contributed by atoms with Gasteiger partial charge in [-0.25, -0.2) is 0 Å². The van der Waals surface area contributed by atoms with Crippen molar-refractivity contribution in [1.82, 2.24) is 0 Å². The molecule has 5 heteroatoms. The molecule has 2 aromatic carbocycles. The molecule has 0 radical (unpaired) electrons. The smallest absolute Gasteiger partial charge is 0.163 e. The number of ketones is 2. The molecule has 0 unspecified atom stereocenters. The number of para-hydroxylation sites is 1. The molecule has 2 N–H and O–H groups in total. The highest BCUT2D eigenvalue weighted by atomic mass is 16.6. The molecule has 0 bridgehead atoms. The van der Waals surface area contributed by atoms with Crippen LogP contribution in [0.3, 0.4) is 0 Å². The van der Waals surface area contributed by atoms with E-state index < -0.39 is 0 Å². The molecule has 0 amide bonds. The lowest BCUT2D eigenvalue weighted by Crippen LogP contribution is -2.15. The second-order valence-electron chi connectivity index (χ2n) is 6.76. The van der Waals surface area contributed by atoms with Gasteiger partial charge in [0.15, 0.2) is 17.3 Å². The third-order valence-electron chi connectivity index (χ3n) is 4.67. The lowest BCUT2D eigenvalue weighted by Gasteiger charge is -2.18. The van der Waals surface area contributed by atoms with Gasteiger partial charge in [0.25, 0.3) is 0 Å². The fourth-order valence-electron chi connectivity index (χ4n) is 3.14. The van der Waals surface area contributed by atoms with Crippen LogP contribution in [-0.2, 0) is 11.2 Å². The Balaban J connectivity index is 1.37. The van der Waals surface area contributed by atoms with Gasteiger partial charge in [-0.2, -0.15) is 0 Å². The molecule has 0 aliphatic carbocycles. The van der Waals surface area contributed by atoms with E-state index in [4.69, 9.17) is 15.2 Å². The average molecular weight is 367 g/mol. The van der Waals surface area contributed by atoms with Crippen molar-refractivity contribution in [2.24, 2.45) is 0 Å². The summed E-state index contributed by atoms with van der Waals surface area (Å²) >= 11 is 0. The second-order valence-corrected chi connectivity index (χ2v) is 6.76. The van der Waals surface area contributed by atoms with Crippen LogP contribution in [0.25, 0.3) is 0 Å². The van der Waals surface area contributed by atoms with Crippen molar-refractivity contribution in [2.75, 3.05) is 18.9 Å². The minimum absolute atomic E-state index is 0.0929. The fourth-order valence-corrected chi connectivity index (χ4v) is 3.14. The summed E-state index contributed by atoms with van der Waals surface area (Å²) in [5.74, 6) is 1.61. The van der Waals surface area contributed by atoms with Crippen molar-refractivity contribution in [3.05, 3.63) is 53.6 Å². The van der Waals surface area contributed by atoms with E-state index in [0.717, 1.165) is 24.8 Å². The van der Waals surface area contributed by atoms with Gasteiger partial charge < -0.3 is 15.2 Å². The van der Waals surface area contributed by atoms with E-state index in [2.05, 4.69) is 0 Å². The molecule has 1 aliphatic rings. The summed E-state index contributed by atoms with van der Waals surface area (Å²) in [7, 11) is 0. The molecule has 2 aromatic rings. The minimum atomic E-state index is 0.0929. The predicted molar refractivity (Wildman–Crippen MR) is 104 cm³/mol. The van der Waals surface area contributed by atoms with Crippen LogP contribution < -0.4 is 15.2 Å². The minimum Gasteiger partial charge on any atom is -0.486 e. The van der Waals surface area contributed by atoms with Gasteiger partial charge >= 0.3 is 0 Å². The Morgan fingerprint density at radius 1 is 0.889 bits per heavy atom. The third-order valence-corrected chi connectivity index (χ3v) is 4.67. The maximum atomic E-state index is 12.3. The van der Waals surface area contributed by atoms with Crippen LogP contribution in [-0.4, -0.2) is 24.8 Å². The number of unbranched alkanes of at least 4 members (excludes halogenated alkanes) is 2. The number of carbonyl (C=O) groups excluding carboxylic acids is 2. The first-order valence-corrected chi connectivity index (χ1v) is 9.41. The van der Waals surface area contributed by atoms with Crippen molar-refractivity contribution in [3.8, 4) is 11.5 Å². The van der Waals surface area contributed by atoms with Gasteiger partial charge in [-0.15, -0.1) is 0 Å². The van der Waals surface area contributed by atoms with Gasteiger partial charge in [-0.3, -0.25) is 9.59 Å². The summed E-state index contributed by atoms with van der Waals surface area (Å²) in [6, 6.07) is 12.8. The van der Waals surface area contributed by atoms with Crippen molar-refractivity contribution < 1.29 is 19.1 Å². The monoisotopic (exact) mass is 367 g/mol. The average Bonchev–Trinajstić information content (AvgIpc) is 2.69. The quantitative estimate of drug-likeness (QED) is 0.412. The number of rotatable bonds is 9. The molecule has 0 saturated carbocycles. The van der Waals surface area contributed by atoms with Crippen LogP contribution >= 0.6 is 0 Å². The standard InChI is InChI=1S/C22H25NO4/c23-19-8-5-4-6-16(19)14-18(24)7-2-1-3-9-20(25)17-10-11-21-22(15-17)27-13-12-26-21/h4-6,8,10-11,15H,1-3,7,9,12-14,23H2. The van der Waals surface area contributed by atoms with Gasteiger partial charge in [-0.1, -0.05) is 24.6 Å². The Kier molecular flexibility index (Phi) is 6.47. The molecular weight excluding hydrogens is 342 g/mol. The number of nitrogen functional groups attached to an aromatic ring is 1. The van der Waals surface area contributed by atoms with E-state index in [1.54, 1.807) is 18.2 Å². The van der Waals surface area contributed by atoms with Crippen LogP contribution in [0.4, 0.5) is 5.69 Å². The Labute approximate surface area is 159 Å². The Morgan fingerprint density at radius 3 is 2.44 bits per heavy atom. The van der Waals surface area contributed by atoms with Crippen LogP contribution in [0.5, 0.6) is 11.5 Å². The highest BCUT2D eigenvalue weighted by molar-refractivity contribution is 5.96. The van der Waals surface area contributed by atoms with E-state index in [9.17, 15) is 9.59 Å². The molecule has 0 fully saturated rings. The van der Waals surface area contributed by atoms with Crippen LogP contribution in [0.15, 0.2) is 42.5 Å². The van der Waals surface area contributed by atoms with Gasteiger partial charge in [0.2, 0.25) is 0 Å². The number of hydrogen-bond donors (Lipinski definition) is 1. The molecule has 1 aliphatic heterocycles. The molecular formula is C22H25NO4. The molecule has 1 heterocycles. The molecule has 5 nitrogen and oxygen atoms in total. The van der Waals surface area contributed by atoms with Crippen LogP contribution in [0.1, 0.15) is 48.0 Å². The molecule has 0 saturated heterocycles. The maximum Gasteiger partial charge on any atom is 0.163 e. The predicted octanol–water partition coefficient (Wildman–Crippen LogP) is 3.99. The fraction of sp³-hybridized carbons (Fsp3) is 0.364. The number of anilines is 1. The summed E-state index contributed by atoms with van der Waals surface area (Å²) < 4.78 is 11.0. The zero-order chi connectivity index (χ0) is 19.1. The second kappa shape index (κ2) is 9.21. The molecule has 0 aromatic heterocycles. The lowest BCUT2D eigenvalue weighted by atomic mass is 10.0. The van der Waals surface area contributed by atoms with E-state index >= 15 is 0 Å². The largest absolute Gasteiger partial charge is 0.486 e. The number of ether oxygens (including phenoxy) is 2. The highest BCUT2D eigenvalue weighted by Crippen LogP contribution is 2.31. The summed E-state index contributed by atoms with van der Waals surface area (Å²) in [6.45, 7) is 1.04. The lowest BCUT2D eigenvalue weighted by molar-refractivity contribution is -0.118. The topological polar surface area (TPSA) is 78.6 Å². The Bertz CT molecular complexity index is 816. The number of benzene rings is 2. The van der Waals surface area contributed by atoms with E-state index in [1.807, 2.05) is 24.3 Å². The Hall–Kier alpha value is -2.82. The van der Waals surface area contributed by atoms with Gasteiger partial charge in [0, 0.05) is 30.5 Å². The van der Waals surface area contributed by atoms with E-state index in [-0.39, 0.29) is 11.6 Å². The van der Waals surface area contributed by atoms with Crippen molar-refractivity contribution in [2.45, 2.75) is 38.5 Å². The first-order valence-electron chi connectivity index (χ1n) is 9.41. The number of carbonyl (C=O) groups is 2. The number of hydrogen-bond acceptors (Lipinski definition) is 5. The number of Topliss-reactive ketones (excluding diaryl/α,β-unsaturated/α-hetero) is 2. The molecule has 0 spiro atoms. The van der Waals surface area contributed by atoms with E-state index in [1.165, 1.54) is 0 Å². The van der Waals surface area contributed by atoms with Crippen molar-refractivity contribution in [1.29, 1.82) is 0 Å². The SMILES string of the molecule is Nc1ccccc1CC(=O)CCCCCC(=O)c1ccc2c(c1)OCCO2. The zero-order valence-electron chi connectivity index (χ0n) is 15.4. The Morgan fingerprint density at radius 2 is 1.63 bits per heavy atom. The highest BCUT2D eigenvalue weighted by Gasteiger charge is 2.15. The molecule has 27 heavy (non-hydrogen) atoms.